The van der Waals surface area contributed by atoms with Crippen LogP contribution >= 0.6 is 0 Å². The van der Waals surface area contributed by atoms with Crippen LogP contribution < -0.4 is 5.32 Å². The van der Waals surface area contributed by atoms with Crippen LogP contribution in [-0.4, -0.2) is 23.5 Å². The Morgan fingerprint density at radius 2 is 1.86 bits per heavy atom. The summed E-state index contributed by atoms with van der Waals surface area (Å²) in [6, 6.07) is 9.87. The van der Waals surface area contributed by atoms with Crippen LogP contribution in [0.3, 0.4) is 0 Å². The summed E-state index contributed by atoms with van der Waals surface area (Å²) in [6.07, 6.45) is 0.342. The van der Waals surface area contributed by atoms with Crippen molar-refractivity contribution in [2.45, 2.75) is 52.5 Å². The Morgan fingerprint density at radius 3 is 2.29 bits per heavy atom. The fraction of sp³-hybridized carbons (Fsp3) is 0.529. The molecular formula is C17H25N3O. The fourth-order valence-corrected chi connectivity index (χ4v) is 2.01. The quantitative estimate of drug-likeness (QED) is 0.904. The number of rotatable bonds is 4. The maximum atomic E-state index is 12.2. The normalized spacial score (nSPS) is 11.1. The number of carbonyl (C=O) groups is 1. The number of amides is 2. The number of nitrogens with one attached hydrogen (secondary N) is 1. The number of hydrogen-bond donors (Lipinski definition) is 1. The number of nitriles is 1. The topological polar surface area (TPSA) is 56.1 Å². The standard InChI is InChI=1S/C17H25N3O/c1-13(2)20(12-6-11-18)16(21)19-15-9-7-14(8-10-15)17(3,4)5/h7-10,13H,6,12H2,1-5H3,(H,19,21). The molecule has 0 radical (unpaired) electrons. The summed E-state index contributed by atoms with van der Waals surface area (Å²) in [5.74, 6) is 0. The maximum Gasteiger partial charge on any atom is 0.322 e. The summed E-state index contributed by atoms with van der Waals surface area (Å²) in [5.41, 5.74) is 2.10. The highest BCUT2D eigenvalue weighted by Crippen LogP contribution is 2.23. The first kappa shape index (κ1) is 17.0. The Bertz CT molecular complexity index is 506. The molecule has 0 aliphatic rings. The molecule has 4 heteroatoms. The van der Waals surface area contributed by atoms with E-state index in [1.54, 1.807) is 4.90 Å². The molecule has 0 saturated heterocycles. The molecule has 0 aromatic heterocycles. The van der Waals surface area contributed by atoms with Gasteiger partial charge in [-0.25, -0.2) is 4.79 Å². The monoisotopic (exact) mass is 287 g/mol. The molecule has 0 spiro atoms. The highest BCUT2D eigenvalue weighted by atomic mass is 16.2. The van der Waals surface area contributed by atoms with E-state index in [0.29, 0.717) is 13.0 Å². The minimum atomic E-state index is -0.163. The molecule has 1 rings (SSSR count). The van der Waals surface area contributed by atoms with E-state index in [-0.39, 0.29) is 17.5 Å². The van der Waals surface area contributed by atoms with Gasteiger partial charge in [-0.2, -0.15) is 5.26 Å². The Hall–Kier alpha value is -2.02. The lowest BCUT2D eigenvalue weighted by Gasteiger charge is -2.26. The van der Waals surface area contributed by atoms with Gasteiger partial charge in [-0.1, -0.05) is 32.9 Å². The van der Waals surface area contributed by atoms with E-state index in [4.69, 9.17) is 5.26 Å². The molecule has 0 aliphatic carbocycles. The fourth-order valence-electron chi connectivity index (χ4n) is 2.01. The number of nitrogens with zero attached hydrogens (tertiary/aromatic N) is 2. The second kappa shape index (κ2) is 7.12. The Kier molecular flexibility index (Phi) is 5.78. The highest BCUT2D eigenvalue weighted by Gasteiger charge is 2.17. The first-order valence-corrected chi connectivity index (χ1v) is 7.31. The van der Waals surface area contributed by atoms with Gasteiger partial charge in [-0.05, 0) is 37.0 Å². The zero-order chi connectivity index (χ0) is 16.0. The number of benzene rings is 1. The third kappa shape index (κ3) is 5.11. The maximum absolute atomic E-state index is 12.2. The van der Waals surface area contributed by atoms with Crippen LogP contribution in [0.4, 0.5) is 10.5 Å². The van der Waals surface area contributed by atoms with Gasteiger partial charge in [0.15, 0.2) is 0 Å². The van der Waals surface area contributed by atoms with Crippen molar-refractivity contribution in [2.24, 2.45) is 0 Å². The molecule has 1 aromatic rings. The minimum absolute atomic E-state index is 0.0622. The summed E-state index contributed by atoms with van der Waals surface area (Å²) < 4.78 is 0. The van der Waals surface area contributed by atoms with Gasteiger partial charge in [0, 0.05) is 18.3 Å². The van der Waals surface area contributed by atoms with Crippen LogP contribution in [0.15, 0.2) is 24.3 Å². The van der Waals surface area contributed by atoms with Crippen molar-refractivity contribution >= 4 is 11.7 Å². The minimum Gasteiger partial charge on any atom is -0.321 e. The Morgan fingerprint density at radius 1 is 1.29 bits per heavy atom. The van der Waals surface area contributed by atoms with Crippen molar-refractivity contribution in [3.63, 3.8) is 0 Å². The van der Waals surface area contributed by atoms with E-state index in [0.717, 1.165) is 5.69 Å². The van der Waals surface area contributed by atoms with Crippen molar-refractivity contribution in [3.8, 4) is 6.07 Å². The zero-order valence-corrected chi connectivity index (χ0v) is 13.6. The predicted molar refractivity (Wildman–Crippen MR) is 86.2 cm³/mol. The predicted octanol–water partition coefficient (Wildman–Crippen LogP) is 4.14. The van der Waals surface area contributed by atoms with E-state index >= 15 is 0 Å². The molecule has 4 nitrogen and oxygen atoms in total. The lowest BCUT2D eigenvalue weighted by atomic mass is 9.87. The highest BCUT2D eigenvalue weighted by molar-refractivity contribution is 5.89. The zero-order valence-electron chi connectivity index (χ0n) is 13.6. The van der Waals surface area contributed by atoms with Crippen LogP contribution in [-0.2, 0) is 5.41 Å². The number of hydrogen-bond acceptors (Lipinski definition) is 2. The van der Waals surface area contributed by atoms with Gasteiger partial charge in [0.1, 0.15) is 0 Å². The van der Waals surface area contributed by atoms with Crippen molar-refractivity contribution in [1.29, 1.82) is 5.26 Å². The summed E-state index contributed by atoms with van der Waals surface area (Å²) in [5, 5.41) is 11.6. The molecule has 2 amide bonds. The third-order valence-corrected chi connectivity index (χ3v) is 3.35. The number of anilines is 1. The number of urea groups is 1. The average Bonchev–Trinajstić information content (AvgIpc) is 2.38. The molecule has 1 aromatic carbocycles. The van der Waals surface area contributed by atoms with Crippen molar-refractivity contribution in [3.05, 3.63) is 29.8 Å². The molecule has 0 saturated carbocycles. The average molecular weight is 287 g/mol. The molecule has 0 bridgehead atoms. The van der Waals surface area contributed by atoms with Crippen molar-refractivity contribution in [1.82, 2.24) is 4.90 Å². The first-order valence-electron chi connectivity index (χ1n) is 7.31. The summed E-state index contributed by atoms with van der Waals surface area (Å²) in [4.78, 5) is 13.9. The van der Waals surface area contributed by atoms with Crippen LogP contribution in [0.5, 0.6) is 0 Å². The van der Waals surface area contributed by atoms with E-state index in [2.05, 4.69) is 32.2 Å². The lowest BCUT2D eigenvalue weighted by molar-refractivity contribution is 0.198. The van der Waals surface area contributed by atoms with Gasteiger partial charge in [0.2, 0.25) is 0 Å². The molecule has 21 heavy (non-hydrogen) atoms. The Balaban J connectivity index is 2.75. The second-order valence-corrected chi connectivity index (χ2v) is 6.45. The van der Waals surface area contributed by atoms with Crippen molar-refractivity contribution in [2.75, 3.05) is 11.9 Å². The SMILES string of the molecule is CC(C)N(CCC#N)C(=O)Nc1ccc(C(C)(C)C)cc1. The van der Waals surface area contributed by atoms with Gasteiger partial charge < -0.3 is 10.2 Å². The van der Waals surface area contributed by atoms with E-state index in [9.17, 15) is 4.79 Å². The molecule has 114 valence electrons. The van der Waals surface area contributed by atoms with Crippen molar-refractivity contribution < 1.29 is 4.79 Å². The van der Waals surface area contributed by atoms with Crippen LogP contribution in [0.25, 0.3) is 0 Å². The summed E-state index contributed by atoms with van der Waals surface area (Å²) >= 11 is 0. The Labute approximate surface area is 127 Å². The summed E-state index contributed by atoms with van der Waals surface area (Å²) in [6.45, 7) is 10.8. The number of carbonyl (C=O) groups excluding carboxylic acids is 1. The first-order chi connectivity index (χ1) is 9.75. The molecule has 0 heterocycles. The van der Waals surface area contributed by atoms with Gasteiger partial charge in [-0.3, -0.25) is 0 Å². The van der Waals surface area contributed by atoms with Gasteiger partial charge in [0.25, 0.3) is 0 Å². The van der Waals surface area contributed by atoms with Crippen LogP contribution in [0.1, 0.15) is 46.6 Å². The van der Waals surface area contributed by atoms with Crippen LogP contribution in [0.2, 0.25) is 0 Å². The van der Waals surface area contributed by atoms with Gasteiger partial charge >= 0.3 is 6.03 Å². The van der Waals surface area contributed by atoms with E-state index < -0.39 is 0 Å². The molecule has 1 N–H and O–H groups in total. The molecule has 0 fully saturated rings. The molecular weight excluding hydrogens is 262 g/mol. The van der Waals surface area contributed by atoms with Gasteiger partial charge in [0.05, 0.1) is 12.5 Å². The smallest absolute Gasteiger partial charge is 0.321 e. The lowest BCUT2D eigenvalue weighted by Crippen LogP contribution is -2.40. The molecule has 0 atom stereocenters. The van der Waals surface area contributed by atoms with Crippen LogP contribution in [0, 0.1) is 11.3 Å². The van der Waals surface area contributed by atoms with Gasteiger partial charge in [-0.15, -0.1) is 0 Å². The third-order valence-electron chi connectivity index (χ3n) is 3.35. The van der Waals surface area contributed by atoms with E-state index in [1.807, 2.05) is 38.1 Å². The molecule has 0 aliphatic heterocycles. The second-order valence-electron chi connectivity index (χ2n) is 6.45. The largest absolute Gasteiger partial charge is 0.322 e. The molecule has 0 unspecified atom stereocenters. The van der Waals surface area contributed by atoms with E-state index in [1.165, 1.54) is 5.56 Å². The summed E-state index contributed by atoms with van der Waals surface area (Å²) in [7, 11) is 0.